The molecule has 0 saturated carbocycles. The Kier molecular flexibility index (Phi) is 5.58. The fourth-order valence-corrected chi connectivity index (χ4v) is 2.37. The van der Waals surface area contributed by atoms with Gasteiger partial charge in [0, 0.05) is 28.7 Å². The number of nitrogens with zero attached hydrogens (tertiary/aromatic N) is 1. The highest BCUT2D eigenvalue weighted by Crippen LogP contribution is 2.32. The van der Waals surface area contributed by atoms with E-state index in [1.165, 1.54) is 13.2 Å². The van der Waals surface area contributed by atoms with E-state index < -0.39 is 4.92 Å². The molecule has 4 nitrogen and oxygen atoms in total. The lowest BCUT2D eigenvalue weighted by Crippen LogP contribution is -1.99. The van der Waals surface area contributed by atoms with Gasteiger partial charge in [-0.15, -0.1) is 23.4 Å². The van der Waals surface area contributed by atoms with Gasteiger partial charge in [0.2, 0.25) is 0 Å². The van der Waals surface area contributed by atoms with Gasteiger partial charge in [0.1, 0.15) is 0 Å². The van der Waals surface area contributed by atoms with E-state index in [1.54, 1.807) is 23.9 Å². The van der Waals surface area contributed by atoms with E-state index in [0.717, 1.165) is 10.6 Å². The van der Waals surface area contributed by atoms with Gasteiger partial charge < -0.3 is 4.74 Å². The van der Waals surface area contributed by atoms with Crippen molar-refractivity contribution in [3.05, 3.63) is 28.3 Å². The summed E-state index contributed by atoms with van der Waals surface area (Å²) in [6.45, 7) is 2.06. The Morgan fingerprint density at radius 2 is 2.29 bits per heavy atom. The van der Waals surface area contributed by atoms with Crippen molar-refractivity contribution in [1.82, 2.24) is 0 Å². The number of ether oxygens (including phenoxy) is 1. The summed E-state index contributed by atoms with van der Waals surface area (Å²) in [6.07, 6.45) is 0. The molecule has 0 aromatic heterocycles. The Morgan fingerprint density at radius 1 is 1.59 bits per heavy atom. The molecule has 0 bridgehead atoms. The molecule has 17 heavy (non-hydrogen) atoms. The molecule has 0 amide bonds. The molecule has 1 atom stereocenters. The smallest absolute Gasteiger partial charge is 0.310 e. The Morgan fingerprint density at radius 3 is 2.82 bits per heavy atom. The van der Waals surface area contributed by atoms with Crippen LogP contribution in [-0.4, -0.2) is 23.7 Å². The van der Waals surface area contributed by atoms with Crippen LogP contribution in [0.25, 0.3) is 0 Å². The summed E-state index contributed by atoms with van der Waals surface area (Å²) in [4.78, 5) is 11.2. The van der Waals surface area contributed by atoms with Crippen LogP contribution in [-0.2, 0) is 0 Å². The second kappa shape index (κ2) is 6.71. The van der Waals surface area contributed by atoms with Crippen LogP contribution in [0.5, 0.6) is 5.75 Å². The number of hydrogen-bond donors (Lipinski definition) is 0. The minimum Gasteiger partial charge on any atom is -0.490 e. The highest BCUT2D eigenvalue weighted by atomic mass is 35.5. The van der Waals surface area contributed by atoms with Crippen molar-refractivity contribution in [1.29, 1.82) is 0 Å². The van der Waals surface area contributed by atoms with Gasteiger partial charge in [-0.25, -0.2) is 0 Å². The second-order valence-corrected chi connectivity index (χ2v) is 5.06. The SMILES string of the molecule is COc1cc(SCC(C)CCl)ccc1[N+](=O)[O-]. The predicted octanol–water partition coefficient (Wildman–Crippen LogP) is 3.57. The summed E-state index contributed by atoms with van der Waals surface area (Å²) in [5, 5.41) is 10.7. The highest BCUT2D eigenvalue weighted by molar-refractivity contribution is 7.99. The number of nitro benzene ring substituents is 1. The third-order valence-corrected chi connectivity index (χ3v) is 4.00. The molecule has 0 radical (unpaired) electrons. The second-order valence-electron chi connectivity index (χ2n) is 3.66. The van der Waals surface area contributed by atoms with Crippen molar-refractivity contribution < 1.29 is 9.66 Å². The maximum absolute atomic E-state index is 10.7. The average molecular weight is 276 g/mol. The van der Waals surface area contributed by atoms with Crippen molar-refractivity contribution in [2.75, 3.05) is 18.7 Å². The first-order chi connectivity index (χ1) is 8.08. The van der Waals surface area contributed by atoms with Gasteiger partial charge in [0.15, 0.2) is 5.75 Å². The molecule has 0 spiro atoms. The van der Waals surface area contributed by atoms with Crippen LogP contribution in [0.3, 0.4) is 0 Å². The van der Waals surface area contributed by atoms with E-state index in [0.29, 0.717) is 17.5 Å². The molecule has 1 aromatic carbocycles. The van der Waals surface area contributed by atoms with Crippen molar-refractivity contribution in [3.8, 4) is 5.75 Å². The number of rotatable bonds is 6. The third-order valence-electron chi connectivity index (χ3n) is 2.15. The van der Waals surface area contributed by atoms with E-state index in [4.69, 9.17) is 16.3 Å². The van der Waals surface area contributed by atoms with Gasteiger partial charge in [0.05, 0.1) is 12.0 Å². The number of nitro groups is 1. The van der Waals surface area contributed by atoms with Crippen LogP contribution < -0.4 is 4.74 Å². The first-order valence-corrected chi connectivity index (χ1v) is 6.61. The summed E-state index contributed by atoms with van der Waals surface area (Å²) in [5.74, 6) is 2.18. The van der Waals surface area contributed by atoms with Crippen LogP contribution in [0, 0.1) is 16.0 Å². The fraction of sp³-hybridized carbons (Fsp3) is 0.455. The lowest BCUT2D eigenvalue weighted by Gasteiger charge is -2.08. The zero-order valence-electron chi connectivity index (χ0n) is 9.68. The quantitative estimate of drug-likeness (QED) is 0.345. The Bertz CT molecular complexity index is 400. The first kappa shape index (κ1) is 14.1. The molecule has 6 heteroatoms. The number of benzene rings is 1. The third kappa shape index (κ3) is 4.09. The van der Waals surface area contributed by atoms with Crippen LogP contribution in [0.1, 0.15) is 6.92 Å². The zero-order valence-corrected chi connectivity index (χ0v) is 11.3. The molecular weight excluding hydrogens is 262 g/mol. The van der Waals surface area contributed by atoms with Gasteiger partial charge in [-0.3, -0.25) is 10.1 Å². The van der Waals surface area contributed by atoms with Crippen molar-refractivity contribution in [2.24, 2.45) is 5.92 Å². The Labute approximate surface area is 109 Å². The van der Waals surface area contributed by atoms with E-state index in [9.17, 15) is 10.1 Å². The molecular formula is C11H14ClNO3S. The normalized spacial score (nSPS) is 12.2. The fourth-order valence-electron chi connectivity index (χ4n) is 1.18. The van der Waals surface area contributed by atoms with Gasteiger partial charge in [-0.2, -0.15) is 0 Å². The molecule has 1 unspecified atom stereocenters. The summed E-state index contributed by atoms with van der Waals surface area (Å²) < 4.78 is 5.00. The molecule has 0 fully saturated rings. The number of alkyl halides is 1. The van der Waals surface area contributed by atoms with Gasteiger partial charge >= 0.3 is 5.69 Å². The van der Waals surface area contributed by atoms with Crippen molar-refractivity contribution in [3.63, 3.8) is 0 Å². The topological polar surface area (TPSA) is 52.4 Å². The number of methoxy groups -OCH3 is 1. The van der Waals surface area contributed by atoms with E-state index >= 15 is 0 Å². The van der Waals surface area contributed by atoms with Crippen LogP contribution >= 0.6 is 23.4 Å². The average Bonchev–Trinajstić information content (AvgIpc) is 2.35. The largest absolute Gasteiger partial charge is 0.490 e. The number of hydrogen-bond acceptors (Lipinski definition) is 4. The highest BCUT2D eigenvalue weighted by Gasteiger charge is 2.15. The van der Waals surface area contributed by atoms with Gasteiger partial charge in [0.25, 0.3) is 0 Å². The molecule has 1 aromatic rings. The van der Waals surface area contributed by atoms with Crippen molar-refractivity contribution in [2.45, 2.75) is 11.8 Å². The maximum Gasteiger partial charge on any atom is 0.310 e. The van der Waals surface area contributed by atoms with E-state index in [1.807, 2.05) is 0 Å². The summed E-state index contributed by atoms with van der Waals surface area (Å²) in [7, 11) is 1.43. The Balaban J connectivity index is 2.79. The summed E-state index contributed by atoms with van der Waals surface area (Å²) in [5.41, 5.74) is -0.0118. The molecule has 0 saturated heterocycles. The monoisotopic (exact) mass is 275 g/mol. The zero-order chi connectivity index (χ0) is 12.8. The minimum absolute atomic E-state index is 0.0118. The molecule has 0 aliphatic carbocycles. The van der Waals surface area contributed by atoms with E-state index in [-0.39, 0.29) is 5.69 Å². The maximum atomic E-state index is 10.7. The van der Waals surface area contributed by atoms with Crippen LogP contribution in [0.2, 0.25) is 0 Å². The molecule has 0 aliphatic rings. The molecule has 94 valence electrons. The molecule has 0 heterocycles. The molecule has 1 rings (SSSR count). The van der Waals surface area contributed by atoms with Gasteiger partial charge in [-0.05, 0) is 12.0 Å². The standard InChI is InChI=1S/C11H14ClNO3S/c1-8(6-12)7-17-9-3-4-10(13(14)15)11(5-9)16-2/h3-5,8H,6-7H2,1-2H3. The minimum atomic E-state index is -0.450. The van der Waals surface area contributed by atoms with Crippen LogP contribution in [0.15, 0.2) is 23.1 Å². The van der Waals surface area contributed by atoms with Crippen LogP contribution in [0.4, 0.5) is 5.69 Å². The number of halogens is 1. The lowest BCUT2D eigenvalue weighted by molar-refractivity contribution is -0.385. The molecule has 0 aliphatic heterocycles. The summed E-state index contributed by atoms with van der Waals surface area (Å²) in [6, 6.07) is 4.88. The van der Waals surface area contributed by atoms with Gasteiger partial charge in [-0.1, -0.05) is 6.92 Å². The Hall–Kier alpha value is -0.940. The summed E-state index contributed by atoms with van der Waals surface area (Å²) >= 11 is 7.33. The predicted molar refractivity (Wildman–Crippen MR) is 70.3 cm³/mol. The lowest BCUT2D eigenvalue weighted by atomic mass is 10.3. The van der Waals surface area contributed by atoms with Crippen molar-refractivity contribution >= 4 is 29.1 Å². The number of thioether (sulfide) groups is 1. The first-order valence-electron chi connectivity index (χ1n) is 5.09. The molecule has 0 N–H and O–H groups in total. The van der Waals surface area contributed by atoms with E-state index in [2.05, 4.69) is 6.92 Å².